The van der Waals surface area contributed by atoms with Gasteiger partial charge in [0.25, 0.3) is 0 Å². The summed E-state index contributed by atoms with van der Waals surface area (Å²) in [4.78, 5) is 0. The van der Waals surface area contributed by atoms with Crippen molar-refractivity contribution in [3.8, 4) is 12.3 Å². The molecular formula is C19H26N2. The molecule has 2 nitrogen and oxygen atoms in total. The van der Waals surface area contributed by atoms with Crippen LogP contribution in [0.1, 0.15) is 43.5 Å². The number of nitrogens with zero attached hydrogens (tertiary/aromatic N) is 1. The van der Waals surface area contributed by atoms with E-state index in [9.17, 15) is 0 Å². The summed E-state index contributed by atoms with van der Waals surface area (Å²) in [5, 5.41) is 4.85. The summed E-state index contributed by atoms with van der Waals surface area (Å²) >= 11 is 0. The number of aryl methyl sites for hydroxylation is 2. The molecule has 1 N–H and O–H groups in total. The standard InChI is InChI=1S/C19H26N2/c1-6-7-8-11-21-16(5)15(4)18-12-17(9-10-19(18)21)13-20-14(2)3/h1,9-10,12,14,20H,7-8,11,13H2,2-5H3. The lowest BCUT2D eigenvalue weighted by atomic mass is 10.1. The van der Waals surface area contributed by atoms with Gasteiger partial charge in [-0.05, 0) is 43.5 Å². The predicted molar refractivity (Wildman–Crippen MR) is 91.5 cm³/mol. The number of hydrogen-bond acceptors (Lipinski definition) is 1. The van der Waals surface area contributed by atoms with Crippen molar-refractivity contribution in [2.45, 2.75) is 59.7 Å². The van der Waals surface area contributed by atoms with Gasteiger partial charge in [0.2, 0.25) is 0 Å². The van der Waals surface area contributed by atoms with Gasteiger partial charge in [0.05, 0.1) is 0 Å². The summed E-state index contributed by atoms with van der Waals surface area (Å²) in [5.74, 6) is 2.73. The Labute approximate surface area is 128 Å². The summed E-state index contributed by atoms with van der Waals surface area (Å²) in [6.45, 7) is 10.7. The van der Waals surface area contributed by atoms with Crippen molar-refractivity contribution < 1.29 is 0 Å². The first kappa shape index (κ1) is 15.7. The van der Waals surface area contributed by atoms with E-state index in [1.165, 1.54) is 27.7 Å². The zero-order valence-electron chi connectivity index (χ0n) is 13.7. The van der Waals surface area contributed by atoms with Crippen LogP contribution in [-0.4, -0.2) is 10.6 Å². The zero-order valence-corrected chi connectivity index (χ0v) is 13.7. The van der Waals surface area contributed by atoms with Crippen molar-refractivity contribution >= 4 is 10.9 Å². The van der Waals surface area contributed by atoms with E-state index in [1.54, 1.807) is 0 Å². The number of terminal acetylenes is 1. The van der Waals surface area contributed by atoms with Gasteiger partial charge in [-0.15, -0.1) is 12.3 Å². The van der Waals surface area contributed by atoms with Gasteiger partial charge >= 0.3 is 0 Å². The molecule has 2 heteroatoms. The Morgan fingerprint density at radius 2 is 2.05 bits per heavy atom. The van der Waals surface area contributed by atoms with Gasteiger partial charge < -0.3 is 9.88 Å². The molecule has 0 radical (unpaired) electrons. The molecule has 2 rings (SSSR count). The lowest BCUT2D eigenvalue weighted by Crippen LogP contribution is -2.21. The highest BCUT2D eigenvalue weighted by atomic mass is 15.0. The molecular weight excluding hydrogens is 256 g/mol. The van der Waals surface area contributed by atoms with Crippen LogP contribution in [0.3, 0.4) is 0 Å². The van der Waals surface area contributed by atoms with Crippen LogP contribution < -0.4 is 5.32 Å². The van der Waals surface area contributed by atoms with Crippen LogP contribution in [0.5, 0.6) is 0 Å². The van der Waals surface area contributed by atoms with Crippen molar-refractivity contribution in [3.05, 3.63) is 35.0 Å². The summed E-state index contributed by atoms with van der Waals surface area (Å²) in [6, 6.07) is 7.32. The summed E-state index contributed by atoms with van der Waals surface area (Å²) in [6.07, 6.45) is 7.24. The average Bonchev–Trinajstić information content (AvgIpc) is 2.70. The van der Waals surface area contributed by atoms with Crippen molar-refractivity contribution in [2.75, 3.05) is 0 Å². The van der Waals surface area contributed by atoms with E-state index >= 15 is 0 Å². The average molecular weight is 282 g/mol. The zero-order chi connectivity index (χ0) is 15.4. The molecule has 0 saturated heterocycles. The predicted octanol–water partition coefficient (Wildman–Crippen LogP) is 4.17. The molecule has 1 heterocycles. The highest BCUT2D eigenvalue weighted by molar-refractivity contribution is 5.86. The molecule has 0 aliphatic carbocycles. The maximum absolute atomic E-state index is 5.36. The van der Waals surface area contributed by atoms with E-state index in [2.05, 4.69) is 61.7 Å². The molecule has 112 valence electrons. The third-order valence-corrected chi connectivity index (χ3v) is 4.12. The highest BCUT2D eigenvalue weighted by Gasteiger charge is 2.11. The molecule has 0 fully saturated rings. The Morgan fingerprint density at radius 3 is 2.71 bits per heavy atom. The van der Waals surface area contributed by atoms with E-state index < -0.39 is 0 Å². The summed E-state index contributed by atoms with van der Waals surface area (Å²) in [5.41, 5.74) is 5.42. The van der Waals surface area contributed by atoms with Crippen LogP contribution >= 0.6 is 0 Å². The molecule has 1 aromatic carbocycles. The van der Waals surface area contributed by atoms with Crippen molar-refractivity contribution in [2.24, 2.45) is 0 Å². The first-order valence-corrected chi connectivity index (χ1v) is 7.79. The van der Waals surface area contributed by atoms with Gasteiger partial charge in [-0.1, -0.05) is 19.9 Å². The fourth-order valence-electron chi connectivity index (χ4n) is 2.76. The molecule has 1 aromatic heterocycles. The Bertz CT molecular complexity index is 656. The normalized spacial score (nSPS) is 11.2. The molecule has 2 aromatic rings. The summed E-state index contributed by atoms with van der Waals surface area (Å²) < 4.78 is 2.40. The first-order valence-electron chi connectivity index (χ1n) is 7.79. The Kier molecular flexibility index (Phi) is 5.09. The first-order chi connectivity index (χ1) is 10.0. The SMILES string of the molecule is C#CCCCn1c(C)c(C)c2cc(CNC(C)C)ccc21. The van der Waals surface area contributed by atoms with Crippen LogP contribution in [0.15, 0.2) is 18.2 Å². The molecule has 0 bridgehead atoms. The Hall–Kier alpha value is -1.72. The van der Waals surface area contributed by atoms with E-state index in [4.69, 9.17) is 6.42 Å². The smallest absolute Gasteiger partial charge is 0.0485 e. The van der Waals surface area contributed by atoms with Crippen molar-refractivity contribution in [3.63, 3.8) is 0 Å². The van der Waals surface area contributed by atoms with Gasteiger partial charge in [-0.2, -0.15) is 0 Å². The number of unbranched alkanes of at least 4 members (excludes halogenated alkanes) is 1. The van der Waals surface area contributed by atoms with E-state index in [0.717, 1.165) is 25.9 Å². The van der Waals surface area contributed by atoms with Gasteiger partial charge in [0.15, 0.2) is 0 Å². The second kappa shape index (κ2) is 6.83. The maximum atomic E-state index is 5.36. The second-order valence-corrected chi connectivity index (χ2v) is 6.06. The lowest BCUT2D eigenvalue weighted by molar-refractivity contribution is 0.589. The molecule has 0 saturated carbocycles. The Balaban J connectivity index is 2.31. The van der Waals surface area contributed by atoms with Crippen LogP contribution in [0.25, 0.3) is 10.9 Å². The van der Waals surface area contributed by atoms with E-state index in [-0.39, 0.29) is 0 Å². The van der Waals surface area contributed by atoms with Crippen molar-refractivity contribution in [1.29, 1.82) is 0 Å². The number of nitrogens with one attached hydrogen (secondary N) is 1. The van der Waals surface area contributed by atoms with Crippen LogP contribution in [-0.2, 0) is 13.1 Å². The fraction of sp³-hybridized carbons (Fsp3) is 0.474. The molecule has 0 amide bonds. The van der Waals surface area contributed by atoms with E-state index in [0.29, 0.717) is 6.04 Å². The van der Waals surface area contributed by atoms with Gasteiger partial charge in [-0.25, -0.2) is 0 Å². The third kappa shape index (κ3) is 3.49. The monoisotopic (exact) mass is 282 g/mol. The van der Waals surface area contributed by atoms with Gasteiger partial charge in [0.1, 0.15) is 0 Å². The maximum Gasteiger partial charge on any atom is 0.0485 e. The summed E-state index contributed by atoms with van der Waals surface area (Å²) in [7, 11) is 0. The van der Waals surface area contributed by atoms with Crippen LogP contribution in [0.4, 0.5) is 0 Å². The molecule has 0 spiro atoms. The minimum absolute atomic E-state index is 0.511. The molecule has 0 aliphatic heterocycles. The number of aromatic nitrogens is 1. The quantitative estimate of drug-likeness (QED) is 0.621. The minimum Gasteiger partial charge on any atom is -0.345 e. The van der Waals surface area contributed by atoms with Gasteiger partial charge in [-0.3, -0.25) is 0 Å². The molecule has 21 heavy (non-hydrogen) atoms. The van der Waals surface area contributed by atoms with E-state index in [1.807, 2.05) is 0 Å². The fourth-order valence-corrected chi connectivity index (χ4v) is 2.76. The third-order valence-electron chi connectivity index (χ3n) is 4.12. The number of benzene rings is 1. The number of hydrogen-bond donors (Lipinski definition) is 1. The van der Waals surface area contributed by atoms with Crippen LogP contribution in [0.2, 0.25) is 0 Å². The number of fused-ring (bicyclic) bond motifs is 1. The largest absolute Gasteiger partial charge is 0.345 e. The number of rotatable bonds is 6. The van der Waals surface area contributed by atoms with Gasteiger partial charge in [0, 0.05) is 42.1 Å². The molecule has 0 atom stereocenters. The topological polar surface area (TPSA) is 17.0 Å². The Morgan fingerprint density at radius 1 is 1.29 bits per heavy atom. The molecule has 0 unspecified atom stereocenters. The second-order valence-electron chi connectivity index (χ2n) is 6.06. The van der Waals surface area contributed by atoms with Crippen LogP contribution in [0, 0.1) is 26.2 Å². The van der Waals surface area contributed by atoms with Crippen molar-refractivity contribution in [1.82, 2.24) is 9.88 Å². The molecule has 0 aliphatic rings. The lowest BCUT2D eigenvalue weighted by Gasteiger charge is -2.09. The highest BCUT2D eigenvalue weighted by Crippen LogP contribution is 2.26. The minimum atomic E-state index is 0.511.